The fourth-order valence-corrected chi connectivity index (χ4v) is 6.72. The van der Waals surface area contributed by atoms with E-state index in [-0.39, 0.29) is 54.0 Å². The van der Waals surface area contributed by atoms with Crippen molar-refractivity contribution < 1.29 is 32.8 Å². The molecule has 17 heteroatoms. The van der Waals surface area contributed by atoms with Crippen molar-refractivity contribution in [2.75, 3.05) is 6.54 Å². The second-order valence-electron chi connectivity index (χ2n) is 14.1. The maximum Gasteiger partial charge on any atom is 0.276 e. The van der Waals surface area contributed by atoms with Crippen LogP contribution in [0.3, 0.4) is 0 Å². The van der Waals surface area contributed by atoms with Gasteiger partial charge in [0.2, 0.25) is 23.6 Å². The summed E-state index contributed by atoms with van der Waals surface area (Å²) in [6.45, 7) is 7.30. The number of hydrogen-bond donors (Lipinski definition) is 4. The molecule has 4 bridgehead atoms. The van der Waals surface area contributed by atoms with Crippen LogP contribution in [0.25, 0.3) is 5.65 Å². The van der Waals surface area contributed by atoms with E-state index in [2.05, 4.69) is 41.3 Å². The smallest absolute Gasteiger partial charge is 0.276 e. The Morgan fingerprint density at radius 1 is 0.944 bits per heavy atom. The summed E-state index contributed by atoms with van der Waals surface area (Å²) in [6, 6.07) is 5.00. The van der Waals surface area contributed by atoms with Crippen molar-refractivity contribution in [2.24, 2.45) is 5.92 Å². The molecule has 54 heavy (non-hydrogen) atoms. The molecule has 2 aliphatic rings. The first-order valence-corrected chi connectivity index (χ1v) is 17.7. The Morgan fingerprint density at radius 3 is 2.46 bits per heavy atom. The number of amides is 5. The third kappa shape index (κ3) is 7.55. The van der Waals surface area contributed by atoms with Crippen LogP contribution in [0.4, 0.5) is 0 Å². The van der Waals surface area contributed by atoms with Crippen LogP contribution in [-0.4, -0.2) is 83.7 Å². The Bertz CT molecular complexity index is 2210. The molecule has 17 nitrogen and oxygen atoms in total. The molecular weight excluding hydrogens is 696 g/mol. The van der Waals surface area contributed by atoms with Crippen LogP contribution >= 0.6 is 0 Å². The zero-order valence-electron chi connectivity index (χ0n) is 30.1. The fourth-order valence-electron chi connectivity index (χ4n) is 6.72. The van der Waals surface area contributed by atoms with E-state index in [0.717, 1.165) is 11.1 Å². The number of benzene rings is 1. The van der Waals surface area contributed by atoms with Crippen molar-refractivity contribution in [1.29, 1.82) is 0 Å². The molecule has 280 valence electrons. The SMILES string of the molecule is Cc1cnc2c(C(=O)N[C@H]3C[C@H]4C(=O)N[C@@H](Cc5ccccc5)c5nc(co5)C(=O)N[C@H](CC(C)C)C(=O)N[C@H](C)c5nc(co5)C(=O)N4C3)cnn2c1. The van der Waals surface area contributed by atoms with E-state index in [1.807, 2.05) is 51.1 Å². The van der Waals surface area contributed by atoms with Gasteiger partial charge in [-0.15, -0.1) is 0 Å². The number of carbonyl (C=O) groups excluding carboxylic acids is 5. The number of nitrogens with one attached hydrogen (secondary N) is 4. The van der Waals surface area contributed by atoms with Crippen LogP contribution in [0.1, 0.15) is 99.9 Å². The van der Waals surface area contributed by atoms with Gasteiger partial charge in [-0.2, -0.15) is 5.10 Å². The van der Waals surface area contributed by atoms with Crippen molar-refractivity contribution >= 4 is 35.2 Å². The molecule has 0 spiro atoms. The van der Waals surface area contributed by atoms with Gasteiger partial charge in [0, 0.05) is 31.4 Å². The normalized spacial score (nSPS) is 22.3. The van der Waals surface area contributed by atoms with Gasteiger partial charge in [0.25, 0.3) is 17.7 Å². The molecule has 0 saturated carbocycles. The van der Waals surface area contributed by atoms with Crippen LogP contribution < -0.4 is 21.3 Å². The summed E-state index contributed by atoms with van der Waals surface area (Å²) in [5.74, 6) is -2.60. The second-order valence-corrected chi connectivity index (χ2v) is 14.1. The Balaban J connectivity index is 1.23. The molecular formula is C37H40N10O7. The van der Waals surface area contributed by atoms with Crippen LogP contribution in [0.15, 0.2) is 70.3 Å². The number of rotatable bonds is 6. The lowest BCUT2D eigenvalue weighted by atomic mass is 10.0. The molecule has 0 aliphatic carbocycles. The van der Waals surface area contributed by atoms with Crippen molar-refractivity contribution in [1.82, 2.24) is 50.7 Å². The van der Waals surface area contributed by atoms with Crippen LogP contribution in [0.2, 0.25) is 0 Å². The van der Waals surface area contributed by atoms with Crippen molar-refractivity contribution in [2.45, 2.75) is 77.2 Å². The van der Waals surface area contributed by atoms with E-state index < -0.39 is 59.7 Å². The number of fused-ring (bicyclic) bond motifs is 6. The van der Waals surface area contributed by atoms with Crippen molar-refractivity contribution in [3.63, 3.8) is 0 Å². The molecule has 7 rings (SSSR count). The average molecular weight is 737 g/mol. The summed E-state index contributed by atoms with van der Waals surface area (Å²) < 4.78 is 12.9. The van der Waals surface area contributed by atoms with Gasteiger partial charge < -0.3 is 35.0 Å². The molecule has 4 aromatic heterocycles. The highest BCUT2D eigenvalue weighted by atomic mass is 16.3. The van der Waals surface area contributed by atoms with Gasteiger partial charge in [-0.05, 0) is 43.7 Å². The van der Waals surface area contributed by atoms with Gasteiger partial charge in [0.15, 0.2) is 17.0 Å². The minimum absolute atomic E-state index is 0.0353. The van der Waals surface area contributed by atoms with E-state index in [1.54, 1.807) is 19.3 Å². The molecule has 5 amide bonds. The van der Waals surface area contributed by atoms with Crippen LogP contribution in [0, 0.1) is 12.8 Å². The Morgan fingerprint density at radius 2 is 1.69 bits per heavy atom. The van der Waals surface area contributed by atoms with E-state index in [4.69, 9.17) is 8.83 Å². The molecule has 0 radical (unpaired) electrons. The zero-order valence-corrected chi connectivity index (χ0v) is 30.1. The summed E-state index contributed by atoms with van der Waals surface area (Å²) in [5.41, 5.74) is 2.12. The molecule has 5 aromatic rings. The minimum Gasteiger partial charge on any atom is -0.446 e. The summed E-state index contributed by atoms with van der Waals surface area (Å²) in [5, 5.41) is 15.7. The molecule has 4 N–H and O–H groups in total. The highest BCUT2D eigenvalue weighted by Crippen LogP contribution is 2.26. The quantitative estimate of drug-likeness (QED) is 0.198. The summed E-state index contributed by atoms with van der Waals surface area (Å²) in [4.78, 5) is 83.4. The highest BCUT2D eigenvalue weighted by molar-refractivity contribution is 6.00. The summed E-state index contributed by atoms with van der Waals surface area (Å²) in [7, 11) is 0. The first kappa shape index (κ1) is 36.0. The number of nitrogens with zero attached hydrogens (tertiary/aromatic N) is 6. The summed E-state index contributed by atoms with van der Waals surface area (Å²) in [6.07, 6.45) is 7.75. The molecule has 0 unspecified atom stereocenters. The third-order valence-electron chi connectivity index (χ3n) is 9.38. The Kier molecular flexibility index (Phi) is 9.94. The molecule has 1 fully saturated rings. The van der Waals surface area contributed by atoms with Gasteiger partial charge in [0.05, 0.1) is 6.20 Å². The Labute approximate surface area is 309 Å². The maximum atomic E-state index is 14.3. The molecule has 6 heterocycles. The van der Waals surface area contributed by atoms with E-state index in [0.29, 0.717) is 12.1 Å². The lowest BCUT2D eigenvalue weighted by Gasteiger charge is -2.25. The number of carbonyl (C=O) groups is 5. The zero-order chi connectivity index (χ0) is 38.1. The third-order valence-corrected chi connectivity index (χ3v) is 9.38. The van der Waals surface area contributed by atoms with Gasteiger partial charge in [-0.25, -0.2) is 19.5 Å². The van der Waals surface area contributed by atoms with Gasteiger partial charge in [-0.1, -0.05) is 44.2 Å². The lowest BCUT2D eigenvalue weighted by Crippen LogP contribution is -2.48. The predicted octanol–water partition coefficient (Wildman–Crippen LogP) is 2.46. The van der Waals surface area contributed by atoms with Crippen molar-refractivity contribution in [3.8, 4) is 0 Å². The monoisotopic (exact) mass is 736 g/mol. The minimum atomic E-state index is -1.07. The van der Waals surface area contributed by atoms with Crippen LogP contribution in [-0.2, 0) is 16.0 Å². The molecule has 2 aliphatic heterocycles. The maximum absolute atomic E-state index is 14.3. The number of hydrogen-bond acceptors (Lipinski definition) is 11. The molecule has 1 saturated heterocycles. The molecule has 5 atom stereocenters. The van der Waals surface area contributed by atoms with E-state index in [1.165, 1.54) is 28.1 Å². The number of aryl methyl sites for hydroxylation is 1. The van der Waals surface area contributed by atoms with Gasteiger partial charge in [-0.3, -0.25) is 24.0 Å². The van der Waals surface area contributed by atoms with Gasteiger partial charge in [0.1, 0.15) is 42.3 Å². The Hall–Kier alpha value is -6.39. The van der Waals surface area contributed by atoms with Gasteiger partial charge >= 0.3 is 0 Å². The highest BCUT2D eigenvalue weighted by Gasteiger charge is 2.43. The lowest BCUT2D eigenvalue weighted by molar-refractivity contribution is -0.126. The first-order valence-electron chi connectivity index (χ1n) is 17.7. The standard InChI is InChI=1S/C37H40N10O7/c1-19(2)10-25-32(49)40-21(4)35-45-28(18-53-35)37(52)46-16-23(41-31(48)24-14-39-47-15-20(3)13-38-30(24)47)12-29(46)34(51)43-26(11-22-8-6-5-7-9-22)36-44-27(17-54-36)33(50)42-25/h5-9,13-15,17-19,21,23,25-26,29H,10-12,16H2,1-4H3,(H,40,49)(H,41,48)(H,42,50)(H,43,51)/t21-,23+,25-,26+,29+/m1/s1. The largest absolute Gasteiger partial charge is 0.446 e. The first-order chi connectivity index (χ1) is 25.9. The summed E-state index contributed by atoms with van der Waals surface area (Å²) >= 11 is 0. The van der Waals surface area contributed by atoms with Crippen molar-refractivity contribution in [3.05, 3.63) is 101 Å². The second kappa shape index (κ2) is 14.9. The topological polar surface area (TPSA) is 219 Å². The predicted molar refractivity (Wildman–Crippen MR) is 190 cm³/mol. The van der Waals surface area contributed by atoms with E-state index >= 15 is 0 Å². The van der Waals surface area contributed by atoms with E-state index in [9.17, 15) is 24.0 Å². The number of aromatic nitrogens is 5. The average Bonchev–Trinajstić information content (AvgIpc) is 3.97. The number of oxazole rings is 2. The molecule has 1 aromatic carbocycles. The fraction of sp³-hybridized carbons (Fsp3) is 0.378. The van der Waals surface area contributed by atoms with Crippen LogP contribution in [0.5, 0.6) is 0 Å².